The maximum atomic E-state index is 11.6. The van der Waals surface area contributed by atoms with Crippen LogP contribution in [-0.4, -0.2) is 15.1 Å². The summed E-state index contributed by atoms with van der Waals surface area (Å²) < 4.78 is 5.36. The van der Waals surface area contributed by atoms with Gasteiger partial charge in [-0.2, -0.15) is 0 Å². The second kappa shape index (κ2) is 7.28. The molecular formula is C17H17N3O2S. The number of rotatable bonds is 6. The maximum Gasteiger partial charge on any atom is 0.251 e. The average Bonchev–Trinajstić information content (AvgIpc) is 3.03. The Hall–Kier alpha value is -2.34. The third-order valence-corrected chi connectivity index (χ3v) is 4.15. The summed E-state index contributed by atoms with van der Waals surface area (Å²) in [5.41, 5.74) is 2.53. The molecule has 0 aliphatic heterocycles. The molecule has 0 unspecified atom stereocenters. The van der Waals surface area contributed by atoms with Gasteiger partial charge >= 0.3 is 0 Å². The second-order valence-corrected chi connectivity index (χ2v) is 6.09. The zero-order chi connectivity index (χ0) is 16.1. The number of aromatic nitrogens is 3. The van der Waals surface area contributed by atoms with E-state index in [1.165, 1.54) is 11.8 Å². The Morgan fingerprint density at radius 2 is 2.04 bits per heavy atom. The molecule has 0 radical (unpaired) electrons. The topological polar surface area (TPSA) is 71.8 Å². The van der Waals surface area contributed by atoms with Crippen molar-refractivity contribution in [1.82, 2.24) is 15.1 Å². The van der Waals surface area contributed by atoms with E-state index in [0.717, 1.165) is 35.6 Å². The van der Waals surface area contributed by atoms with Crippen LogP contribution in [0.4, 0.5) is 0 Å². The Morgan fingerprint density at radius 3 is 2.83 bits per heavy atom. The summed E-state index contributed by atoms with van der Waals surface area (Å²) in [5, 5.41) is 4.69. The van der Waals surface area contributed by atoms with Crippen molar-refractivity contribution in [3.8, 4) is 11.3 Å². The fraction of sp³-hybridized carbons (Fsp3) is 0.235. The first-order chi connectivity index (χ1) is 11.2. The van der Waals surface area contributed by atoms with Crippen LogP contribution in [0.25, 0.3) is 11.3 Å². The Bertz CT molecular complexity index is 827. The van der Waals surface area contributed by atoms with E-state index in [9.17, 15) is 4.79 Å². The molecule has 1 N–H and O–H groups in total. The summed E-state index contributed by atoms with van der Waals surface area (Å²) in [7, 11) is 0. The van der Waals surface area contributed by atoms with Crippen LogP contribution < -0.4 is 5.56 Å². The summed E-state index contributed by atoms with van der Waals surface area (Å²) in [6.45, 7) is 2.06. The molecule has 6 heteroatoms. The maximum absolute atomic E-state index is 11.6. The van der Waals surface area contributed by atoms with E-state index in [-0.39, 0.29) is 5.56 Å². The van der Waals surface area contributed by atoms with E-state index in [1.54, 1.807) is 6.07 Å². The van der Waals surface area contributed by atoms with Gasteiger partial charge in [-0.15, -0.1) is 0 Å². The van der Waals surface area contributed by atoms with E-state index in [2.05, 4.69) is 22.0 Å². The van der Waals surface area contributed by atoms with Crippen LogP contribution in [0, 0.1) is 0 Å². The van der Waals surface area contributed by atoms with Gasteiger partial charge in [-0.05, 0) is 6.42 Å². The van der Waals surface area contributed by atoms with E-state index < -0.39 is 0 Å². The molecule has 2 heterocycles. The first-order valence-corrected chi connectivity index (χ1v) is 8.47. The zero-order valence-corrected chi connectivity index (χ0v) is 13.6. The quantitative estimate of drug-likeness (QED) is 0.552. The summed E-state index contributed by atoms with van der Waals surface area (Å²) >= 11 is 1.44. The molecule has 3 rings (SSSR count). The van der Waals surface area contributed by atoms with Gasteiger partial charge in [0.15, 0.2) is 5.16 Å². The molecular weight excluding hydrogens is 310 g/mol. The Morgan fingerprint density at radius 1 is 1.22 bits per heavy atom. The lowest BCUT2D eigenvalue weighted by molar-refractivity contribution is 0.397. The predicted octanol–water partition coefficient (Wildman–Crippen LogP) is 3.67. The first-order valence-electron chi connectivity index (χ1n) is 7.48. The highest BCUT2D eigenvalue weighted by Gasteiger charge is 2.08. The molecule has 2 aromatic heterocycles. The highest BCUT2D eigenvalue weighted by Crippen LogP contribution is 2.23. The highest BCUT2D eigenvalue weighted by atomic mass is 32.2. The zero-order valence-electron chi connectivity index (χ0n) is 12.8. The fourth-order valence-corrected chi connectivity index (χ4v) is 2.97. The number of nitrogens with zero attached hydrogens (tertiary/aromatic N) is 2. The van der Waals surface area contributed by atoms with Gasteiger partial charge in [0, 0.05) is 23.4 Å². The van der Waals surface area contributed by atoms with Crippen molar-refractivity contribution in [3.05, 3.63) is 64.3 Å². The first kappa shape index (κ1) is 15.6. The van der Waals surface area contributed by atoms with Crippen molar-refractivity contribution >= 4 is 11.8 Å². The molecule has 5 nitrogen and oxygen atoms in total. The van der Waals surface area contributed by atoms with Crippen LogP contribution in [0.3, 0.4) is 0 Å². The minimum Gasteiger partial charge on any atom is -0.360 e. The van der Waals surface area contributed by atoms with Gasteiger partial charge in [-0.1, -0.05) is 60.6 Å². The number of benzene rings is 1. The minimum absolute atomic E-state index is 0.117. The monoisotopic (exact) mass is 327 g/mol. The number of hydrogen-bond acceptors (Lipinski definition) is 5. The van der Waals surface area contributed by atoms with Crippen LogP contribution in [-0.2, 0) is 12.2 Å². The molecule has 0 bridgehead atoms. The molecule has 0 atom stereocenters. The van der Waals surface area contributed by atoms with Gasteiger partial charge in [0.25, 0.3) is 5.56 Å². The highest BCUT2D eigenvalue weighted by molar-refractivity contribution is 7.98. The number of thioether (sulfide) groups is 1. The lowest BCUT2D eigenvalue weighted by Crippen LogP contribution is -2.09. The van der Waals surface area contributed by atoms with Gasteiger partial charge in [0.2, 0.25) is 0 Å². The molecule has 1 aromatic carbocycles. The van der Waals surface area contributed by atoms with E-state index in [0.29, 0.717) is 10.9 Å². The molecule has 0 saturated heterocycles. The van der Waals surface area contributed by atoms with Crippen molar-refractivity contribution in [3.63, 3.8) is 0 Å². The number of H-pyrrole nitrogens is 1. The van der Waals surface area contributed by atoms with Crippen LogP contribution in [0.2, 0.25) is 0 Å². The van der Waals surface area contributed by atoms with Gasteiger partial charge < -0.3 is 9.51 Å². The third-order valence-electron chi connectivity index (χ3n) is 3.26. The van der Waals surface area contributed by atoms with Gasteiger partial charge in [-0.3, -0.25) is 4.79 Å². The van der Waals surface area contributed by atoms with Crippen LogP contribution in [0.1, 0.15) is 24.8 Å². The average molecular weight is 327 g/mol. The van der Waals surface area contributed by atoms with E-state index >= 15 is 0 Å². The molecule has 0 aliphatic carbocycles. The summed E-state index contributed by atoms with van der Waals surface area (Å²) in [6, 6.07) is 13.3. The Kier molecular flexibility index (Phi) is 4.92. The number of aryl methyl sites for hydroxylation is 1. The third kappa shape index (κ3) is 4.10. The Labute approximate surface area is 138 Å². The summed E-state index contributed by atoms with van der Waals surface area (Å²) in [5.74, 6) is 1.32. The van der Waals surface area contributed by atoms with E-state index in [4.69, 9.17) is 4.52 Å². The normalized spacial score (nSPS) is 10.8. The summed E-state index contributed by atoms with van der Waals surface area (Å²) in [6.07, 6.45) is 1.76. The second-order valence-electron chi connectivity index (χ2n) is 5.13. The van der Waals surface area contributed by atoms with Crippen molar-refractivity contribution in [2.45, 2.75) is 30.7 Å². The summed E-state index contributed by atoms with van der Waals surface area (Å²) in [4.78, 5) is 18.8. The predicted molar refractivity (Wildman–Crippen MR) is 90.4 cm³/mol. The lowest BCUT2D eigenvalue weighted by Gasteiger charge is -2.01. The molecule has 0 spiro atoms. The molecule has 0 saturated carbocycles. The van der Waals surface area contributed by atoms with Crippen LogP contribution >= 0.6 is 11.8 Å². The molecule has 118 valence electrons. The van der Waals surface area contributed by atoms with Crippen molar-refractivity contribution in [1.29, 1.82) is 0 Å². The number of nitrogens with one attached hydrogen (secondary N) is 1. The number of aromatic amines is 1. The van der Waals surface area contributed by atoms with Gasteiger partial charge in [-0.25, -0.2) is 4.98 Å². The minimum atomic E-state index is -0.117. The van der Waals surface area contributed by atoms with Gasteiger partial charge in [0.05, 0.1) is 5.75 Å². The van der Waals surface area contributed by atoms with Gasteiger partial charge in [0.1, 0.15) is 11.5 Å². The van der Waals surface area contributed by atoms with Crippen LogP contribution in [0.15, 0.2) is 56.9 Å². The van der Waals surface area contributed by atoms with Crippen molar-refractivity contribution in [2.24, 2.45) is 0 Å². The smallest absolute Gasteiger partial charge is 0.251 e. The van der Waals surface area contributed by atoms with Crippen LogP contribution in [0.5, 0.6) is 0 Å². The largest absolute Gasteiger partial charge is 0.360 e. The van der Waals surface area contributed by atoms with Crippen molar-refractivity contribution in [2.75, 3.05) is 0 Å². The molecule has 0 aliphatic rings. The molecule has 3 aromatic rings. The van der Waals surface area contributed by atoms with Crippen molar-refractivity contribution < 1.29 is 4.52 Å². The standard InChI is InChI=1S/C17H17N3O2S/c1-2-6-13-9-16(21)19-17(18-13)23-11-14-10-15(20-22-14)12-7-4-3-5-8-12/h3-5,7-10H,2,6,11H2,1H3,(H,18,19,21). The molecule has 23 heavy (non-hydrogen) atoms. The van der Waals surface area contributed by atoms with E-state index in [1.807, 2.05) is 36.4 Å². The number of hydrogen-bond donors (Lipinski definition) is 1. The lowest BCUT2D eigenvalue weighted by atomic mass is 10.1. The fourth-order valence-electron chi connectivity index (χ4n) is 2.20. The molecule has 0 amide bonds. The SMILES string of the molecule is CCCc1cc(=O)[nH]c(SCc2cc(-c3ccccc3)no2)n1. The molecule has 0 fully saturated rings. The Balaban J connectivity index is 1.69.